The van der Waals surface area contributed by atoms with Gasteiger partial charge in [-0.2, -0.15) is 0 Å². The summed E-state index contributed by atoms with van der Waals surface area (Å²) < 4.78 is 0. The number of carbonyl (C=O) groups is 1. The van der Waals surface area contributed by atoms with Gasteiger partial charge >= 0.3 is 0 Å². The van der Waals surface area contributed by atoms with Gasteiger partial charge < -0.3 is 4.90 Å². The van der Waals surface area contributed by atoms with Crippen LogP contribution in [-0.2, 0) is 4.79 Å². The molecular formula is C10H19NO. The Bertz CT molecular complexity index is 165. The van der Waals surface area contributed by atoms with Gasteiger partial charge in [0, 0.05) is 18.5 Å². The van der Waals surface area contributed by atoms with Crippen LogP contribution in [0, 0.1) is 5.92 Å². The van der Waals surface area contributed by atoms with Crippen molar-refractivity contribution in [3.63, 3.8) is 0 Å². The number of likely N-dealkylation sites (tertiary alicyclic amines) is 1. The molecule has 1 rings (SSSR count). The first-order valence-corrected chi connectivity index (χ1v) is 4.93. The van der Waals surface area contributed by atoms with Gasteiger partial charge in [-0.1, -0.05) is 13.8 Å². The quantitative estimate of drug-likeness (QED) is 0.588. The third kappa shape index (κ3) is 1.99. The van der Waals surface area contributed by atoms with Gasteiger partial charge in [-0.25, -0.2) is 0 Å². The minimum atomic E-state index is 0.158. The molecule has 2 nitrogen and oxygen atoms in total. The SMILES string of the molecule is CC(C)C(=O)N1CCCC[C@@H]1C. The van der Waals surface area contributed by atoms with Crippen molar-refractivity contribution in [2.45, 2.75) is 46.1 Å². The molecule has 1 amide bonds. The van der Waals surface area contributed by atoms with E-state index in [9.17, 15) is 4.79 Å². The summed E-state index contributed by atoms with van der Waals surface area (Å²) in [6, 6.07) is 0.466. The fraction of sp³-hybridized carbons (Fsp3) is 0.900. The number of nitrogens with zero attached hydrogens (tertiary/aromatic N) is 1. The molecule has 1 heterocycles. The Morgan fingerprint density at radius 2 is 2.08 bits per heavy atom. The summed E-state index contributed by atoms with van der Waals surface area (Å²) >= 11 is 0. The summed E-state index contributed by atoms with van der Waals surface area (Å²) in [4.78, 5) is 13.7. The molecule has 1 aliphatic rings. The Balaban J connectivity index is 2.53. The van der Waals surface area contributed by atoms with Crippen molar-refractivity contribution in [2.24, 2.45) is 5.92 Å². The predicted octanol–water partition coefficient (Wildman–Crippen LogP) is 2.04. The van der Waals surface area contributed by atoms with E-state index in [1.54, 1.807) is 0 Å². The molecule has 0 aromatic carbocycles. The van der Waals surface area contributed by atoms with Crippen LogP contribution >= 0.6 is 0 Å². The lowest BCUT2D eigenvalue weighted by molar-refractivity contribution is -0.137. The summed E-state index contributed by atoms with van der Waals surface area (Å²) in [5.74, 6) is 0.479. The average molecular weight is 169 g/mol. The van der Waals surface area contributed by atoms with Crippen molar-refractivity contribution in [2.75, 3.05) is 6.54 Å². The Kier molecular flexibility index (Phi) is 3.12. The maximum Gasteiger partial charge on any atom is 0.225 e. The average Bonchev–Trinajstić information content (AvgIpc) is 2.04. The highest BCUT2D eigenvalue weighted by atomic mass is 16.2. The highest BCUT2D eigenvalue weighted by Gasteiger charge is 2.24. The van der Waals surface area contributed by atoms with E-state index >= 15 is 0 Å². The smallest absolute Gasteiger partial charge is 0.225 e. The normalized spacial score (nSPS) is 24.7. The van der Waals surface area contributed by atoms with Crippen LogP contribution in [0.1, 0.15) is 40.0 Å². The number of rotatable bonds is 1. The third-order valence-electron chi connectivity index (χ3n) is 2.58. The monoisotopic (exact) mass is 169 g/mol. The number of piperidine rings is 1. The summed E-state index contributed by atoms with van der Waals surface area (Å²) in [6.07, 6.45) is 3.64. The van der Waals surface area contributed by atoms with Gasteiger partial charge in [-0.15, -0.1) is 0 Å². The van der Waals surface area contributed by atoms with Crippen LogP contribution in [0.5, 0.6) is 0 Å². The molecule has 0 radical (unpaired) electrons. The standard InChI is InChI=1S/C10H19NO/c1-8(2)10(12)11-7-5-4-6-9(11)3/h8-9H,4-7H2,1-3H3/t9-/m0/s1. The number of amides is 1. The largest absolute Gasteiger partial charge is 0.340 e. The van der Waals surface area contributed by atoms with Crippen LogP contribution in [-0.4, -0.2) is 23.4 Å². The van der Waals surface area contributed by atoms with Crippen LogP contribution in [0.25, 0.3) is 0 Å². The van der Waals surface area contributed by atoms with Crippen LogP contribution < -0.4 is 0 Å². The second kappa shape index (κ2) is 3.92. The number of hydrogen-bond acceptors (Lipinski definition) is 1. The minimum Gasteiger partial charge on any atom is -0.340 e. The molecule has 1 fully saturated rings. The Morgan fingerprint density at radius 3 is 2.58 bits per heavy atom. The second-order valence-corrected chi connectivity index (χ2v) is 4.03. The zero-order valence-electron chi connectivity index (χ0n) is 8.34. The summed E-state index contributed by atoms with van der Waals surface area (Å²) in [7, 11) is 0. The molecule has 0 unspecified atom stereocenters. The molecule has 0 saturated carbocycles. The highest BCUT2D eigenvalue weighted by molar-refractivity contribution is 5.78. The number of carbonyl (C=O) groups excluding carboxylic acids is 1. The molecule has 0 aromatic rings. The van der Waals surface area contributed by atoms with E-state index in [0.717, 1.165) is 6.54 Å². The minimum absolute atomic E-state index is 0.158. The van der Waals surface area contributed by atoms with Crippen molar-refractivity contribution in [1.82, 2.24) is 4.90 Å². The summed E-state index contributed by atoms with van der Waals surface area (Å²) in [5.41, 5.74) is 0. The first-order chi connectivity index (χ1) is 5.63. The third-order valence-corrected chi connectivity index (χ3v) is 2.58. The van der Waals surface area contributed by atoms with Gasteiger partial charge in [0.15, 0.2) is 0 Å². The molecule has 0 aliphatic carbocycles. The first kappa shape index (κ1) is 9.56. The lowest BCUT2D eigenvalue weighted by Crippen LogP contribution is -2.43. The maximum absolute atomic E-state index is 11.6. The summed E-state index contributed by atoms with van der Waals surface area (Å²) in [6.45, 7) is 7.07. The molecule has 1 atom stereocenters. The molecule has 0 spiro atoms. The second-order valence-electron chi connectivity index (χ2n) is 4.03. The maximum atomic E-state index is 11.6. The Morgan fingerprint density at radius 1 is 1.42 bits per heavy atom. The lowest BCUT2D eigenvalue weighted by atomic mass is 10.0. The van der Waals surface area contributed by atoms with Gasteiger partial charge in [0.25, 0.3) is 0 Å². The molecule has 70 valence electrons. The van der Waals surface area contributed by atoms with Gasteiger partial charge in [0.05, 0.1) is 0 Å². The Hall–Kier alpha value is -0.530. The highest BCUT2D eigenvalue weighted by Crippen LogP contribution is 2.18. The molecule has 12 heavy (non-hydrogen) atoms. The van der Waals surface area contributed by atoms with Crippen LogP contribution in [0.15, 0.2) is 0 Å². The fourth-order valence-corrected chi connectivity index (χ4v) is 1.76. The zero-order valence-corrected chi connectivity index (χ0v) is 8.34. The van der Waals surface area contributed by atoms with Crippen LogP contribution in [0.4, 0.5) is 0 Å². The van der Waals surface area contributed by atoms with E-state index < -0.39 is 0 Å². The zero-order chi connectivity index (χ0) is 9.14. The molecule has 1 saturated heterocycles. The van der Waals surface area contributed by atoms with Gasteiger partial charge in [0.1, 0.15) is 0 Å². The predicted molar refractivity (Wildman–Crippen MR) is 49.9 cm³/mol. The molecule has 0 N–H and O–H groups in total. The van der Waals surface area contributed by atoms with Crippen molar-refractivity contribution >= 4 is 5.91 Å². The first-order valence-electron chi connectivity index (χ1n) is 4.93. The van der Waals surface area contributed by atoms with E-state index in [2.05, 4.69) is 6.92 Å². The lowest BCUT2D eigenvalue weighted by Gasteiger charge is -2.34. The fourth-order valence-electron chi connectivity index (χ4n) is 1.76. The van der Waals surface area contributed by atoms with E-state index in [4.69, 9.17) is 0 Å². The van der Waals surface area contributed by atoms with E-state index in [1.807, 2.05) is 18.7 Å². The van der Waals surface area contributed by atoms with Gasteiger partial charge in [-0.3, -0.25) is 4.79 Å². The van der Waals surface area contributed by atoms with Crippen molar-refractivity contribution in [3.05, 3.63) is 0 Å². The molecule has 2 heteroatoms. The molecule has 1 aliphatic heterocycles. The molecule has 0 aromatic heterocycles. The molecule has 0 bridgehead atoms. The van der Waals surface area contributed by atoms with Crippen molar-refractivity contribution in [3.8, 4) is 0 Å². The Labute approximate surface area is 74.9 Å². The van der Waals surface area contributed by atoms with Crippen LogP contribution in [0.3, 0.4) is 0 Å². The van der Waals surface area contributed by atoms with Crippen molar-refractivity contribution < 1.29 is 4.79 Å². The molecular weight excluding hydrogens is 150 g/mol. The van der Waals surface area contributed by atoms with E-state index in [0.29, 0.717) is 11.9 Å². The van der Waals surface area contributed by atoms with Crippen LogP contribution in [0.2, 0.25) is 0 Å². The number of hydrogen-bond donors (Lipinski definition) is 0. The van der Waals surface area contributed by atoms with E-state index in [1.165, 1.54) is 19.3 Å². The topological polar surface area (TPSA) is 20.3 Å². The van der Waals surface area contributed by atoms with Gasteiger partial charge in [-0.05, 0) is 26.2 Å². The van der Waals surface area contributed by atoms with Gasteiger partial charge in [0.2, 0.25) is 5.91 Å². The van der Waals surface area contributed by atoms with E-state index in [-0.39, 0.29) is 5.92 Å². The van der Waals surface area contributed by atoms with Crippen molar-refractivity contribution in [1.29, 1.82) is 0 Å². The summed E-state index contributed by atoms with van der Waals surface area (Å²) in [5, 5.41) is 0.